The summed E-state index contributed by atoms with van der Waals surface area (Å²) in [4.78, 5) is 15.9. The fraction of sp³-hybridized carbons (Fsp3) is 0. The Labute approximate surface area is 127 Å². The molecule has 0 saturated heterocycles. The maximum Gasteiger partial charge on any atom is 0.256 e. The zero-order chi connectivity index (χ0) is 13.9. The van der Waals surface area contributed by atoms with Crippen LogP contribution < -0.4 is 5.32 Å². The summed E-state index contributed by atoms with van der Waals surface area (Å²) in [6.45, 7) is 0. The molecule has 20 heavy (non-hydrogen) atoms. The highest BCUT2D eigenvalue weighted by molar-refractivity contribution is 9.11. The first-order valence-corrected chi connectivity index (χ1v) is 7.44. The Morgan fingerprint density at radius 3 is 2.70 bits per heavy atom. The molecule has 2 heterocycles. The van der Waals surface area contributed by atoms with Crippen molar-refractivity contribution >= 4 is 38.9 Å². The minimum Gasteiger partial charge on any atom is -0.444 e. The number of benzene rings is 1. The number of amides is 1. The number of nitrogens with zero attached hydrogens (tertiary/aromatic N) is 1. The first kappa shape index (κ1) is 13.1. The van der Waals surface area contributed by atoms with Crippen molar-refractivity contribution in [2.45, 2.75) is 0 Å². The number of carbonyl (C=O) groups excluding carboxylic acids is 1. The van der Waals surface area contributed by atoms with E-state index in [1.807, 2.05) is 29.6 Å². The lowest BCUT2D eigenvalue weighted by Gasteiger charge is -2.04. The predicted octanol–water partition coefficient (Wildman–Crippen LogP) is 4.42. The summed E-state index contributed by atoms with van der Waals surface area (Å²) in [5, 5.41) is 4.65. The minimum absolute atomic E-state index is 0.126. The highest BCUT2D eigenvalue weighted by Crippen LogP contribution is 2.23. The molecule has 0 spiro atoms. The van der Waals surface area contributed by atoms with E-state index in [1.165, 1.54) is 17.7 Å². The van der Waals surface area contributed by atoms with Crippen molar-refractivity contribution < 1.29 is 9.21 Å². The van der Waals surface area contributed by atoms with E-state index in [0.717, 1.165) is 15.0 Å². The molecule has 0 atom stereocenters. The highest BCUT2D eigenvalue weighted by atomic mass is 79.9. The molecule has 100 valence electrons. The van der Waals surface area contributed by atoms with Crippen LogP contribution in [0.1, 0.15) is 10.4 Å². The van der Waals surface area contributed by atoms with Crippen molar-refractivity contribution in [2.24, 2.45) is 0 Å². The van der Waals surface area contributed by atoms with Crippen molar-refractivity contribution in [2.75, 3.05) is 5.32 Å². The summed E-state index contributed by atoms with van der Waals surface area (Å²) in [5.41, 5.74) is 2.29. The summed E-state index contributed by atoms with van der Waals surface area (Å²) in [6.07, 6.45) is 3.04. The van der Waals surface area contributed by atoms with E-state index < -0.39 is 0 Å². The number of hydrogen-bond donors (Lipinski definition) is 1. The fourth-order valence-electron chi connectivity index (χ4n) is 1.71. The lowest BCUT2D eigenvalue weighted by atomic mass is 10.1. The van der Waals surface area contributed by atoms with Gasteiger partial charge in [-0.2, -0.15) is 0 Å². The van der Waals surface area contributed by atoms with Crippen LogP contribution in [-0.2, 0) is 0 Å². The van der Waals surface area contributed by atoms with Gasteiger partial charge in [0.2, 0.25) is 0 Å². The molecule has 3 rings (SSSR count). The highest BCUT2D eigenvalue weighted by Gasteiger charge is 2.08. The van der Waals surface area contributed by atoms with Gasteiger partial charge in [-0.05, 0) is 46.3 Å². The molecular weight excluding hydrogens is 340 g/mol. The molecule has 3 aromatic rings. The van der Waals surface area contributed by atoms with Gasteiger partial charge in [0, 0.05) is 16.6 Å². The number of aromatic nitrogens is 1. The van der Waals surface area contributed by atoms with Crippen molar-refractivity contribution in [1.82, 2.24) is 4.98 Å². The Bertz CT molecular complexity index is 720. The van der Waals surface area contributed by atoms with Gasteiger partial charge in [0.1, 0.15) is 0 Å². The quantitative estimate of drug-likeness (QED) is 0.762. The molecule has 2 aromatic heterocycles. The maximum atomic E-state index is 12.0. The molecular formula is C14H9BrN2O2S. The second-order valence-electron chi connectivity index (χ2n) is 4.04. The van der Waals surface area contributed by atoms with E-state index in [2.05, 4.69) is 26.2 Å². The number of rotatable bonds is 3. The largest absolute Gasteiger partial charge is 0.444 e. The fourth-order valence-corrected chi connectivity index (χ4v) is 2.85. The molecule has 0 radical (unpaired) electrons. The van der Waals surface area contributed by atoms with Crippen molar-refractivity contribution in [3.63, 3.8) is 0 Å². The number of halogens is 1. The second kappa shape index (κ2) is 5.60. The van der Waals surface area contributed by atoms with Crippen LogP contribution in [0.2, 0.25) is 0 Å². The van der Waals surface area contributed by atoms with Crippen molar-refractivity contribution in [3.8, 4) is 11.3 Å². The van der Waals surface area contributed by atoms with Gasteiger partial charge in [0.25, 0.3) is 5.91 Å². The smallest absolute Gasteiger partial charge is 0.256 e. The van der Waals surface area contributed by atoms with Crippen LogP contribution in [0.3, 0.4) is 0 Å². The SMILES string of the molecule is O=C(Nc1ccc(-c2cnco2)cc1)c1csc(Br)c1. The topological polar surface area (TPSA) is 55.1 Å². The van der Waals surface area contributed by atoms with Crippen molar-refractivity contribution in [1.29, 1.82) is 0 Å². The number of carbonyl (C=O) groups is 1. The van der Waals surface area contributed by atoms with Gasteiger partial charge in [-0.15, -0.1) is 11.3 Å². The van der Waals surface area contributed by atoms with Gasteiger partial charge in [-0.1, -0.05) is 0 Å². The Balaban J connectivity index is 1.74. The molecule has 0 fully saturated rings. The maximum absolute atomic E-state index is 12.0. The zero-order valence-corrected chi connectivity index (χ0v) is 12.6. The Kier molecular flexibility index (Phi) is 3.66. The second-order valence-corrected chi connectivity index (χ2v) is 6.33. The Morgan fingerprint density at radius 1 is 1.30 bits per heavy atom. The first-order chi connectivity index (χ1) is 9.72. The lowest BCUT2D eigenvalue weighted by Crippen LogP contribution is -2.10. The minimum atomic E-state index is -0.126. The summed E-state index contributed by atoms with van der Waals surface area (Å²) in [6, 6.07) is 9.20. The van der Waals surface area contributed by atoms with Crippen molar-refractivity contribution in [3.05, 3.63) is 57.7 Å². The average Bonchev–Trinajstić information content (AvgIpc) is 3.10. The monoisotopic (exact) mass is 348 g/mol. The summed E-state index contributed by atoms with van der Waals surface area (Å²) in [5.74, 6) is 0.573. The van der Waals surface area contributed by atoms with Crippen LogP contribution >= 0.6 is 27.3 Å². The molecule has 0 aliphatic carbocycles. The van der Waals surface area contributed by atoms with Crippen LogP contribution in [0.5, 0.6) is 0 Å². The van der Waals surface area contributed by atoms with E-state index in [1.54, 1.807) is 12.3 Å². The van der Waals surface area contributed by atoms with Gasteiger partial charge in [0.15, 0.2) is 12.2 Å². The Morgan fingerprint density at radius 2 is 2.10 bits per heavy atom. The number of nitrogens with one attached hydrogen (secondary N) is 1. The summed E-state index contributed by atoms with van der Waals surface area (Å²) < 4.78 is 6.14. The molecule has 1 N–H and O–H groups in total. The number of thiophene rings is 1. The molecule has 1 aromatic carbocycles. The summed E-state index contributed by atoms with van der Waals surface area (Å²) in [7, 11) is 0. The van der Waals surface area contributed by atoms with E-state index in [9.17, 15) is 4.79 Å². The van der Waals surface area contributed by atoms with Crippen LogP contribution in [0.25, 0.3) is 11.3 Å². The van der Waals surface area contributed by atoms with Crippen LogP contribution in [-0.4, -0.2) is 10.9 Å². The van der Waals surface area contributed by atoms with E-state index >= 15 is 0 Å². The molecule has 0 unspecified atom stereocenters. The van der Waals surface area contributed by atoms with Gasteiger partial charge in [0.05, 0.1) is 15.5 Å². The predicted molar refractivity (Wildman–Crippen MR) is 81.9 cm³/mol. The molecule has 0 saturated carbocycles. The van der Waals surface area contributed by atoms with Crippen LogP contribution in [0.4, 0.5) is 5.69 Å². The zero-order valence-electron chi connectivity index (χ0n) is 10.2. The van der Waals surface area contributed by atoms with Crippen LogP contribution in [0.15, 0.2) is 56.5 Å². The van der Waals surface area contributed by atoms with E-state index in [0.29, 0.717) is 11.3 Å². The first-order valence-electron chi connectivity index (χ1n) is 5.77. The molecule has 1 amide bonds. The normalized spacial score (nSPS) is 10.4. The van der Waals surface area contributed by atoms with Gasteiger partial charge >= 0.3 is 0 Å². The van der Waals surface area contributed by atoms with Gasteiger partial charge in [-0.25, -0.2) is 4.98 Å². The molecule has 0 aliphatic rings. The van der Waals surface area contributed by atoms with Gasteiger partial charge in [-0.3, -0.25) is 4.79 Å². The standard InChI is InChI=1S/C14H9BrN2O2S/c15-13-5-10(7-20-13)14(18)17-11-3-1-9(2-4-11)12-6-16-8-19-12/h1-8H,(H,17,18). The lowest BCUT2D eigenvalue weighted by molar-refractivity contribution is 0.102. The Hall–Kier alpha value is -1.92. The third-order valence-corrected chi connectivity index (χ3v) is 4.19. The molecule has 0 bridgehead atoms. The molecule has 4 nitrogen and oxygen atoms in total. The average molecular weight is 349 g/mol. The number of oxazole rings is 1. The third-order valence-electron chi connectivity index (χ3n) is 2.69. The van der Waals surface area contributed by atoms with Crippen LogP contribution in [0, 0.1) is 0 Å². The van der Waals surface area contributed by atoms with E-state index in [4.69, 9.17) is 4.42 Å². The van der Waals surface area contributed by atoms with E-state index in [-0.39, 0.29) is 5.91 Å². The van der Waals surface area contributed by atoms with Gasteiger partial charge < -0.3 is 9.73 Å². The molecule has 6 heteroatoms. The number of anilines is 1. The number of hydrogen-bond acceptors (Lipinski definition) is 4. The molecule has 0 aliphatic heterocycles. The third kappa shape index (κ3) is 2.81. The summed E-state index contributed by atoms with van der Waals surface area (Å²) >= 11 is 4.82.